The topological polar surface area (TPSA) is 72.8 Å². The van der Waals surface area contributed by atoms with Gasteiger partial charge in [0.1, 0.15) is 6.61 Å². The van der Waals surface area contributed by atoms with Gasteiger partial charge in [-0.3, -0.25) is 9.59 Å². The smallest absolute Gasteiger partial charge is 0.306 e. The second-order valence-electron chi connectivity index (χ2n) is 19.0. The van der Waals surface area contributed by atoms with Crippen LogP contribution in [0.1, 0.15) is 271 Å². The molecule has 0 aliphatic carbocycles. The summed E-state index contributed by atoms with van der Waals surface area (Å²) < 4.78 is 10.7. The Morgan fingerprint density at radius 1 is 0.353 bits per heavy atom. The van der Waals surface area contributed by atoms with E-state index in [1.807, 2.05) is 0 Å². The molecule has 0 rings (SSSR count). The van der Waals surface area contributed by atoms with Crippen molar-refractivity contribution in [2.24, 2.45) is 0 Å². The van der Waals surface area contributed by atoms with Crippen LogP contribution >= 0.6 is 0 Å². The van der Waals surface area contributed by atoms with Gasteiger partial charge in [-0.15, -0.1) is 0 Å². The Balaban J connectivity index is 3.50. The van der Waals surface area contributed by atoms with Crippen LogP contribution in [0.3, 0.4) is 0 Å². The van der Waals surface area contributed by atoms with Gasteiger partial charge in [0, 0.05) is 12.8 Å². The van der Waals surface area contributed by atoms with E-state index in [1.54, 1.807) is 0 Å². The average molecular weight is 946 g/mol. The molecule has 0 aromatic rings. The molecule has 68 heavy (non-hydrogen) atoms. The molecule has 0 fully saturated rings. The molecule has 1 N–H and O–H groups in total. The number of hydrogen-bond acceptors (Lipinski definition) is 5. The molecule has 0 saturated heterocycles. The highest BCUT2D eigenvalue weighted by molar-refractivity contribution is 5.70. The van der Waals surface area contributed by atoms with Crippen LogP contribution in [0.5, 0.6) is 0 Å². The van der Waals surface area contributed by atoms with Crippen molar-refractivity contribution in [2.45, 2.75) is 277 Å². The maximum absolute atomic E-state index is 12.3. The number of hydrogen-bond donors (Lipinski definition) is 1. The van der Waals surface area contributed by atoms with E-state index < -0.39 is 6.10 Å². The van der Waals surface area contributed by atoms with E-state index >= 15 is 0 Å². The van der Waals surface area contributed by atoms with Crippen LogP contribution in [0.4, 0.5) is 0 Å². The van der Waals surface area contributed by atoms with Gasteiger partial charge in [0.05, 0.1) is 6.61 Å². The van der Waals surface area contributed by atoms with Gasteiger partial charge in [0.15, 0.2) is 6.10 Å². The number of aliphatic hydroxyl groups is 1. The van der Waals surface area contributed by atoms with Gasteiger partial charge in [-0.1, -0.05) is 259 Å². The number of rotatable bonds is 52. The van der Waals surface area contributed by atoms with Gasteiger partial charge in [0.2, 0.25) is 0 Å². The summed E-state index contributed by atoms with van der Waals surface area (Å²) in [6, 6.07) is 0. The molecule has 0 spiro atoms. The Morgan fingerprint density at radius 3 is 0.971 bits per heavy atom. The molecule has 0 aliphatic rings. The lowest BCUT2D eigenvalue weighted by atomic mass is 10.0. The number of esters is 2. The average Bonchev–Trinajstić information content (AvgIpc) is 3.34. The van der Waals surface area contributed by atoms with Gasteiger partial charge < -0.3 is 14.6 Å². The number of carbonyl (C=O) groups is 2. The van der Waals surface area contributed by atoms with Crippen molar-refractivity contribution >= 4 is 11.9 Å². The van der Waals surface area contributed by atoms with Crippen molar-refractivity contribution < 1.29 is 24.2 Å². The molecule has 0 radical (unpaired) electrons. The third kappa shape index (κ3) is 55.4. The van der Waals surface area contributed by atoms with Crippen LogP contribution in [-0.2, 0) is 19.1 Å². The fourth-order valence-corrected chi connectivity index (χ4v) is 8.06. The first-order valence-corrected chi connectivity index (χ1v) is 28.8. The Labute approximate surface area is 421 Å². The molecular formula is C63H108O5. The largest absolute Gasteiger partial charge is 0.462 e. The second-order valence-corrected chi connectivity index (χ2v) is 19.0. The van der Waals surface area contributed by atoms with Gasteiger partial charge in [-0.05, 0) is 96.3 Å². The lowest BCUT2D eigenvalue weighted by Gasteiger charge is -2.15. The molecule has 1 unspecified atom stereocenters. The molecule has 1 atom stereocenters. The van der Waals surface area contributed by atoms with E-state index in [-0.39, 0.29) is 25.2 Å². The highest BCUT2D eigenvalue weighted by Crippen LogP contribution is 2.16. The molecule has 0 heterocycles. The van der Waals surface area contributed by atoms with Crippen LogP contribution in [0, 0.1) is 0 Å². The van der Waals surface area contributed by atoms with Crippen molar-refractivity contribution in [1.82, 2.24) is 0 Å². The minimum absolute atomic E-state index is 0.0692. The SMILES string of the molecule is CC/C=C\C/C=C\C/C=C\C/C=C\C/C=C\C/C=C\C/C=C\CCCCCCCCCCCCCCCCCC(=O)OC(CO)COC(=O)CCCCCCCCC/C=C\CCCCCCCC. The molecule has 0 saturated carbocycles. The first-order chi connectivity index (χ1) is 33.6. The van der Waals surface area contributed by atoms with Gasteiger partial charge >= 0.3 is 11.9 Å². The monoisotopic (exact) mass is 945 g/mol. The molecule has 0 bridgehead atoms. The Bertz CT molecular complexity index is 1300. The molecule has 5 heteroatoms. The van der Waals surface area contributed by atoms with Gasteiger partial charge in [-0.25, -0.2) is 0 Å². The van der Waals surface area contributed by atoms with E-state index in [9.17, 15) is 14.7 Å². The highest BCUT2D eigenvalue weighted by atomic mass is 16.6. The number of unbranched alkanes of at least 4 members (excludes halogenated alkanes) is 28. The summed E-state index contributed by atoms with van der Waals surface area (Å²) in [4.78, 5) is 24.5. The van der Waals surface area contributed by atoms with E-state index in [1.165, 1.54) is 161 Å². The van der Waals surface area contributed by atoms with Crippen molar-refractivity contribution in [2.75, 3.05) is 13.2 Å². The lowest BCUT2D eigenvalue weighted by Crippen LogP contribution is -2.28. The van der Waals surface area contributed by atoms with Crippen molar-refractivity contribution in [1.29, 1.82) is 0 Å². The summed E-state index contributed by atoms with van der Waals surface area (Å²) in [5.74, 6) is -0.591. The van der Waals surface area contributed by atoms with Crippen molar-refractivity contribution in [3.05, 3.63) is 97.2 Å². The zero-order valence-electron chi connectivity index (χ0n) is 44.6. The molecule has 0 amide bonds. The summed E-state index contributed by atoms with van der Waals surface area (Å²) >= 11 is 0. The fourth-order valence-electron chi connectivity index (χ4n) is 8.06. The summed E-state index contributed by atoms with van der Waals surface area (Å²) in [7, 11) is 0. The maximum Gasteiger partial charge on any atom is 0.306 e. The summed E-state index contributed by atoms with van der Waals surface area (Å²) in [6.45, 7) is 4.03. The fraction of sp³-hybridized carbons (Fsp3) is 0.714. The predicted octanol–water partition coefficient (Wildman–Crippen LogP) is 19.5. The number of carbonyl (C=O) groups excluding carboxylic acids is 2. The number of aliphatic hydroxyl groups excluding tert-OH is 1. The van der Waals surface area contributed by atoms with E-state index in [2.05, 4.69) is 111 Å². The molecule has 5 nitrogen and oxygen atoms in total. The molecular weight excluding hydrogens is 837 g/mol. The Morgan fingerprint density at radius 2 is 0.632 bits per heavy atom. The van der Waals surface area contributed by atoms with Crippen molar-refractivity contribution in [3.8, 4) is 0 Å². The standard InChI is InChI=1S/C63H108O5/c1-3-5-7-9-11-13-15-17-19-21-22-23-24-25-26-27-28-29-30-31-32-33-34-35-36-37-38-39-40-42-44-46-48-50-52-54-56-58-63(66)68-61(59-64)60-67-62(65)57-55-53-51-49-47-45-43-41-20-18-16-14-12-10-8-6-4-2/h5,7,11,13,17-20,22-23,25-26,28-29,31-32,61,64H,3-4,6,8-10,12,14-16,21,24,27,30,33-60H2,1-2H3/b7-5-,13-11-,19-17-,20-18-,23-22-,26-25-,29-28-,32-31-. The molecule has 0 aliphatic heterocycles. The first-order valence-electron chi connectivity index (χ1n) is 28.8. The zero-order valence-corrected chi connectivity index (χ0v) is 44.6. The van der Waals surface area contributed by atoms with E-state index in [0.29, 0.717) is 12.8 Å². The third-order valence-corrected chi connectivity index (χ3v) is 12.4. The van der Waals surface area contributed by atoms with Crippen molar-refractivity contribution in [3.63, 3.8) is 0 Å². The second kappa shape index (κ2) is 58.1. The third-order valence-electron chi connectivity index (χ3n) is 12.4. The lowest BCUT2D eigenvalue weighted by molar-refractivity contribution is -0.161. The molecule has 0 aromatic heterocycles. The summed E-state index contributed by atoms with van der Waals surface area (Å²) in [5, 5.41) is 9.64. The van der Waals surface area contributed by atoms with Crippen LogP contribution in [-0.4, -0.2) is 36.4 Å². The van der Waals surface area contributed by atoms with Crippen LogP contribution in [0.25, 0.3) is 0 Å². The minimum Gasteiger partial charge on any atom is -0.462 e. The number of ether oxygens (including phenoxy) is 2. The van der Waals surface area contributed by atoms with Crippen LogP contribution < -0.4 is 0 Å². The number of allylic oxidation sites excluding steroid dienone is 16. The molecule has 390 valence electrons. The van der Waals surface area contributed by atoms with Crippen LogP contribution in [0.2, 0.25) is 0 Å². The maximum atomic E-state index is 12.3. The highest BCUT2D eigenvalue weighted by Gasteiger charge is 2.16. The van der Waals surface area contributed by atoms with Crippen LogP contribution in [0.15, 0.2) is 97.2 Å². The minimum atomic E-state index is -0.777. The summed E-state index contributed by atoms with van der Waals surface area (Å²) in [5.41, 5.74) is 0. The normalized spacial score (nSPS) is 12.9. The Hall–Kier alpha value is -3.18. The van der Waals surface area contributed by atoms with Gasteiger partial charge in [-0.2, -0.15) is 0 Å². The van der Waals surface area contributed by atoms with E-state index in [0.717, 1.165) is 83.5 Å². The zero-order chi connectivity index (χ0) is 49.2. The van der Waals surface area contributed by atoms with Gasteiger partial charge in [0.25, 0.3) is 0 Å². The molecule has 0 aromatic carbocycles. The van der Waals surface area contributed by atoms with E-state index in [4.69, 9.17) is 9.47 Å². The predicted molar refractivity (Wildman–Crippen MR) is 297 cm³/mol. The first kappa shape index (κ1) is 64.8. The Kier molecular flexibility index (Phi) is 55.4. The quantitative estimate of drug-likeness (QED) is 0.0374. The summed E-state index contributed by atoms with van der Waals surface area (Å²) in [6.07, 6.45) is 82.4.